The Morgan fingerprint density at radius 1 is 0.500 bits per heavy atom. The van der Waals surface area contributed by atoms with Crippen molar-refractivity contribution in [1.29, 1.82) is 0 Å². The normalized spacial score (nSPS) is 11.6. The van der Waals surface area contributed by atoms with E-state index in [-0.39, 0.29) is 71.3 Å². The van der Waals surface area contributed by atoms with Gasteiger partial charge in [0.2, 0.25) is 23.8 Å². The third kappa shape index (κ3) is 10.5. The Labute approximate surface area is 332 Å². The first-order valence-electron chi connectivity index (χ1n) is 17.2. The molecule has 22 heteroatoms. The number of rotatable bonds is 16. The summed E-state index contributed by atoms with van der Waals surface area (Å²) in [6.45, 7) is 3.61. The standard InChI is InChI=1S/C36H36N12O8S2/c1-3-47(49)35-43-31(37-25-11-7-5-8-12-25)41-33(45-35)39-27-19-17-23(29(21-27)57(51,52)53)15-16-24-18-20-28(22-30(24)58(54,55)56)40-34-42-32(38-26-13-9-6-10-14-26)44-36(46-34)48(50)4-2/h5-22,49-50H,3-4H2,1-2H3,(H,51,52,53)(H,54,55,56)(H2,37,39,41,43,45)(H2,38,40,42,44,46). The van der Waals surface area contributed by atoms with Crippen molar-refractivity contribution < 1.29 is 36.4 Å². The van der Waals surface area contributed by atoms with Gasteiger partial charge in [0.1, 0.15) is 9.79 Å². The molecule has 0 unspecified atom stereocenters. The third-order valence-electron chi connectivity index (χ3n) is 7.91. The van der Waals surface area contributed by atoms with E-state index in [4.69, 9.17) is 0 Å². The van der Waals surface area contributed by atoms with E-state index in [9.17, 15) is 36.4 Å². The van der Waals surface area contributed by atoms with Gasteiger partial charge in [0.15, 0.2) is 0 Å². The van der Waals surface area contributed by atoms with Gasteiger partial charge in [-0.2, -0.15) is 46.7 Å². The summed E-state index contributed by atoms with van der Waals surface area (Å²) in [4.78, 5) is 24.3. The molecule has 0 aliphatic rings. The number of benzene rings is 4. The van der Waals surface area contributed by atoms with Crippen LogP contribution in [0, 0.1) is 0 Å². The fourth-order valence-corrected chi connectivity index (χ4v) is 6.57. The van der Waals surface area contributed by atoms with E-state index in [1.807, 2.05) is 12.1 Å². The first kappa shape index (κ1) is 40.8. The fraction of sp³-hybridized carbons (Fsp3) is 0.111. The predicted molar refractivity (Wildman–Crippen MR) is 217 cm³/mol. The monoisotopic (exact) mass is 828 g/mol. The second-order valence-corrected chi connectivity index (χ2v) is 14.8. The largest absolute Gasteiger partial charge is 0.324 e. The summed E-state index contributed by atoms with van der Waals surface area (Å²) in [7, 11) is -9.74. The van der Waals surface area contributed by atoms with Crippen molar-refractivity contribution in [2.75, 3.05) is 44.5 Å². The van der Waals surface area contributed by atoms with Gasteiger partial charge in [-0.25, -0.2) is 10.1 Å². The Morgan fingerprint density at radius 3 is 1.14 bits per heavy atom. The van der Waals surface area contributed by atoms with Gasteiger partial charge in [-0.15, -0.1) is 0 Å². The minimum Gasteiger partial charge on any atom is -0.324 e. The van der Waals surface area contributed by atoms with Gasteiger partial charge < -0.3 is 21.3 Å². The predicted octanol–water partition coefficient (Wildman–Crippen LogP) is 6.13. The highest BCUT2D eigenvalue weighted by molar-refractivity contribution is 7.86. The molecular weight excluding hydrogens is 793 g/mol. The molecule has 20 nitrogen and oxygen atoms in total. The van der Waals surface area contributed by atoms with Crippen molar-refractivity contribution in [3.63, 3.8) is 0 Å². The molecule has 4 aromatic carbocycles. The second kappa shape index (κ2) is 17.5. The Kier molecular flexibility index (Phi) is 12.3. The number of aromatic nitrogens is 6. The zero-order chi connectivity index (χ0) is 41.5. The van der Waals surface area contributed by atoms with E-state index < -0.39 is 30.0 Å². The van der Waals surface area contributed by atoms with Crippen molar-refractivity contribution in [1.82, 2.24) is 29.9 Å². The van der Waals surface area contributed by atoms with Crippen LogP contribution in [0.25, 0.3) is 12.2 Å². The molecule has 58 heavy (non-hydrogen) atoms. The fourth-order valence-electron chi connectivity index (χ4n) is 5.15. The third-order valence-corrected chi connectivity index (χ3v) is 9.72. The number of para-hydroxylation sites is 2. The number of nitrogens with zero attached hydrogens (tertiary/aromatic N) is 8. The van der Waals surface area contributed by atoms with Gasteiger partial charge >= 0.3 is 0 Å². The van der Waals surface area contributed by atoms with E-state index in [2.05, 4.69) is 51.2 Å². The highest BCUT2D eigenvalue weighted by Crippen LogP contribution is 2.29. The molecule has 300 valence electrons. The number of hydrogen-bond acceptors (Lipinski definition) is 18. The maximum Gasteiger partial charge on any atom is 0.295 e. The van der Waals surface area contributed by atoms with Crippen molar-refractivity contribution >= 4 is 90.8 Å². The van der Waals surface area contributed by atoms with Crippen LogP contribution < -0.4 is 31.4 Å². The molecule has 2 heterocycles. The minimum absolute atomic E-state index is 0.0486. The van der Waals surface area contributed by atoms with E-state index in [1.54, 1.807) is 62.4 Å². The van der Waals surface area contributed by atoms with Crippen LogP contribution in [0.2, 0.25) is 0 Å². The van der Waals surface area contributed by atoms with Crippen LogP contribution in [-0.2, 0) is 20.2 Å². The molecule has 0 aliphatic carbocycles. The first-order chi connectivity index (χ1) is 27.7. The van der Waals surface area contributed by atoms with Crippen LogP contribution >= 0.6 is 0 Å². The lowest BCUT2D eigenvalue weighted by Crippen LogP contribution is -2.21. The quantitative estimate of drug-likeness (QED) is 0.0309. The first-order valence-corrected chi connectivity index (χ1v) is 20.1. The van der Waals surface area contributed by atoms with E-state index in [0.29, 0.717) is 11.4 Å². The number of nitrogens with one attached hydrogen (secondary N) is 4. The van der Waals surface area contributed by atoms with Gasteiger partial charge in [0, 0.05) is 35.8 Å². The zero-order valence-corrected chi connectivity index (χ0v) is 32.3. The van der Waals surface area contributed by atoms with E-state index >= 15 is 0 Å². The van der Waals surface area contributed by atoms with Gasteiger partial charge in [-0.05, 0) is 73.5 Å². The van der Waals surface area contributed by atoms with Crippen molar-refractivity contribution in [3.05, 3.63) is 108 Å². The summed E-state index contributed by atoms with van der Waals surface area (Å²) in [6, 6.07) is 25.7. The molecule has 0 amide bonds. The molecule has 6 aromatic rings. The van der Waals surface area contributed by atoms with Gasteiger partial charge in [-0.1, -0.05) is 60.7 Å². The molecule has 2 aromatic heterocycles. The van der Waals surface area contributed by atoms with Crippen LogP contribution in [0.4, 0.5) is 58.4 Å². The lowest BCUT2D eigenvalue weighted by atomic mass is 10.1. The highest BCUT2D eigenvalue weighted by atomic mass is 32.2. The number of anilines is 10. The van der Waals surface area contributed by atoms with Crippen LogP contribution in [0.1, 0.15) is 25.0 Å². The SMILES string of the molecule is CCN(O)c1nc(Nc2ccccc2)nc(Nc2ccc(C=Cc3ccc(Nc4nc(Nc5ccccc5)nc(N(O)CC)n4)cc3S(=O)(=O)O)c(S(=O)(=O)O)c2)n1. The molecule has 0 saturated carbocycles. The molecule has 6 rings (SSSR count). The smallest absolute Gasteiger partial charge is 0.295 e. The molecule has 0 aliphatic heterocycles. The summed E-state index contributed by atoms with van der Waals surface area (Å²) in [5.41, 5.74) is 1.44. The van der Waals surface area contributed by atoms with Gasteiger partial charge in [0.05, 0.1) is 0 Å². The lowest BCUT2D eigenvalue weighted by molar-refractivity contribution is 0.253. The van der Waals surface area contributed by atoms with Crippen LogP contribution in [-0.4, -0.2) is 79.3 Å². The molecular formula is C36H36N12O8S2. The molecule has 0 atom stereocenters. The topological polar surface area (TPSA) is 281 Å². The second-order valence-electron chi connectivity index (χ2n) is 12.0. The van der Waals surface area contributed by atoms with Crippen molar-refractivity contribution in [2.45, 2.75) is 23.6 Å². The lowest BCUT2D eigenvalue weighted by Gasteiger charge is -2.16. The molecule has 0 bridgehead atoms. The Hall–Kier alpha value is -6.82. The average molecular weight is 829 g/mol. The van der Waals surface area contributed by atoms with Crippen molar-refractivity contribution in [3.8, 4) is 0 Å². The minimum atomic E-state index is -4.87. The summed E-state index contributed by atoms with van der Waals surface area (Å²) in [6.07, 6.45) is 2.47. The number of hydroxylamine groups is 2. The van der Waals surface area contributed by atoms with Crippen LogP contribution in [0.15, 0.2) is 107 Å². The zero-order valence-electron chi connectivity index (χ0n) is 30.6. The Bertz CT molecular complexity index is 2480. The maximum atomic E-state index is 12.6. The van der Waals surface area contributed by atoms with E-state index in [0.717, 1.165) is 22.3 Å². The van der Waals surface area contributed by atoms with E-state index in [1.165, 1.54) is 36.4 Å². The number of hydrogen-bond donors (Lipinski definition) is 8. The summed E-state index contributed by atoms with van der Waals surface area (Å²) >= 11 is 0. The van der Waals surface area contributed by atoms with Crippen LogP contribution in [0.3, 0.4) is 0 Å². The molecule has 0 saturated heterocycles. The van der Waals surface area contributed by atoms with Gasteiger partial charge in [-0.3, -0.25) is 19.5 Å². The highest BCUT2D eigenvalue weighted by Gasteiger charge is 2.20. The molecule has 0 spiro atoms. The molecule has 0 radical (unpaired) electrons. The summed E-state index contributed by atoms with van der Waals surface area (Å²) in [5, 5.41) is 33.9. The Morgan fingerprint density at radius 2 is 0.828 bits per heavy atom. The van der Waals surface area contributed by atoms with Crippen LogP contribution in [0.5, 0.6) is 0 Å². The van der Waals surface area contributed by atoms with Crippen molar-refractivity contribution in [2.24, 2.45) is 0 Å². The Balaban J connectivity index is 1.29. The van der Waals surface area contributed by atoms with Gasteiger partial charge in [0.25, 0.3) is 32.1 Å². The maximum absolute atomic E-state index is 12.6. The summed E-state index contributed by atoms with van der Waals surface area (Å²) in [5.74, 6) is -0.258. The molecule has 0 fully saturated rings. The summed E-state index contributed by atoms with van der Waals surface area (Å²) < 4.78 is 70.7. The average Bonchev–Trinajstić information content (AvgIpc) is 3.20. The molecule has 8 N–H and O–H groups in total.